The van der Waals surface area contributed by atoms with Gasteiger partial charge in [0.1, 0.15) is 11.6 Å². The maximum atomic E-state index is 10.7. The molecule has 52 valence electrons. The Balaban J connectivity index is 3.20. The first-order valence-corrected chi connectivity index (χ1v) is 3.09. The van der Waals surface area contributed by atoms with Gasteiger partial charge in [-0.3, -0.25) is 4.79 Å². The number of ketones is 1. The third-order valence-corrected chi connectivity index (χ3v) is 1.25. The summed E-state index contributed by atoms with van der Waals surface area (Å²) in [6.45, 7) is 1.45. The Kier molecular flexibility index (Phi) is 1.90. The molecule has 0 radical (unpaired) electrons. The first-order chi connectivity index (χ1) is 5.24. The van der Waals surface area contributed by atoms with E-state index < -0.39 is 0 Å². The molecule has 11 heavy (non-hydrogen) atoms. The van der Waals surface area contributed by atoms with Crippen molar-refractivity contribution in [2.75, 3.05) is 0 Å². The smallest absolute Gasteiger partial charge is 0.168 e. The number of hydrogen-bond donors (Lipinski definition) is 0. The van der Waals surface area contributed by atoms with E-state index in [-0.39, 0.29) is 5.78 Å². The summed E-state index contributed by atoms with van der Waals surface area (Å²) >= 11 is 0. The summed E-state index contributed by atoms with van der Waals surface area (Å²) < 4.78 is 0. The number of nitriles is 1. The van der Waals surface area contributed by atoms with E-state index in [0.29, 0.717) is 11.1 Å². The fourth-order valence-corrected chi connectivity index (χ4v) is 0.655. The van der Waals surface area contributed by atoms with Gasteiger partial charge < -0.3 is 0 Å². The van der Waals surface area contributed by atoms with Gasteiger partial charge in [0, 0.05) is 0 Å². The highest BCUT2D eigenvalue weighted by Gasteiger charge is 2.00. The van der Waals surface area contributed by atoms with Gasteiger partial charge in [-0.15, -0.1) is 0 Å². The Hall–Kier alpha value is -1.80. The molecule has 0 aromatic heterocycles. The van der Waals surface area contributed by atoms with Gasteiger partial charge in [-0.25, -0.2) is 0 Å². The molecule has 0 unspecified atom stereocenters. The van der Waals surface area contributed by atoms with E-state index in [2.05, 4.69) is 11.5 Å². The highest BCUT2D eigenvalue weighted by molar-refractivity contribution is 5.96. The van der Waals surface area contributed by atoms with E-state index in [0.717, 1.165) is 0 Å². The number of rotatable bonds is 1. The van der Waals surface area contributed by atoms with E-state index in [1.54, 1.807) is 12.2 Å². The number of carbonyl (C=O) groups excluding carboxylic acids is 1. The van der Waals surface area contributed by atoms with E-state index in [4.69, 9.17) is 5.26 Å². The van der Waals surface area contributed by atoms with Gasteiger partial charge in [-0.05, 0) is 19.1 Å². The molecular weight excluding hydrogens is 138 g/mol. The average molecular weight is 143 g/mol. The standard InChI is InChI=1S/C9H5NO/c1-7(11)9-4-2-8(6-10)3-5-9/h2,4H,1H3. The highest BCUT2D eigenvalue weighted by atomic mass is 16.1. The molecule has 0 fully saturated rings. The van der Waals surface area contributed by atoms with Gasteiger partial charge >= 0.3 is 0 Å². The van der Waals surface area contributed by atoms with Crippen LogP contribution < -0.4 is 0 Å². The third kappa shape index (κ3) is 1.56. The van der Waals surface area contributed by atoms with Crippen molar-refractivity contribution in [1.29, 1.82) is 5.26 Å². The van der Waals surface area contributed by atoms with Crippen LogP contribution in [0.5, 0.6) is 0 Å². The van der Waals surface area contributed by atoms with Gasteiger partial charge in [-0.1, -0.05) is 11.5 Å². The minimum absolute atomic E-state index is 0.0641. The normalized spacial score (nSPS) is 13.5. The number of carbonyl (C=O) groups is 1. The molecule has 2 heteroatoms. The molecule has 1 aliphatic carbocycles. The predicted molar refractivity (Wildman–Crippen MR) is 39.5 cm³/mol. The molecule has 0 aliphatic heterocycles. The van der Waals surface area contributed by atoms with Crippen molar-refractivity contribution in [2.45, 2.75) is 6.92 Å². The molecule has 2 nitrogen and oxygen atoms in total. The predicted octanol–water partition coefficient (Wildman–Crippen LogP) is 1.28. The fourth-order valence-electron chi connectivity index (χ4n) is 0.655. The lowest BCUT2D eigenvalue weighted by Gasteiger charge is -1.91. The molecule has 0 atom stereocenters. The lowest BCUT2D eigenvalue weighted by molar-refractivity contribution is -0.113. The maximum Gasteiger partial charge on any atom is 0.168 e. The Morgan fingerprint density at radius 2 is 2.27 bits per heavy atom. The van der Waals surface area contributed by atoms with Crippen LogP contribution in [0.4, 0.5) is 0 Å². The van der Waals surface area contributed by atoms with Crippen LogP contribution in [0.2, 0.25) is 0 Å². The maximum absolute atomic E-state index is 10.7. The van der Waals surface area contributed by atoms with Crippen molar-refractivity contribution < 1.29 is 4.79 Å². The summed E-state index contributed by atoms with van der Waals surface area (Å²) in [6.07, 6.45) is 3.12. The van der Waals surface area contributed by atoms with Gasteiger partial charge in [0.15, 0.2) is 5.78 Å². The number of hydrogen-bond acceptors (Lipinski definition) is 2. The fraction of sp³-hybridized carbons (Fsp3) is 0.111. The topological polar surface area (TPSA) is 40.9 Å². The Labute approximate surface area is 64.4 Å². The molecule has 0 amide bonds. The van der Waals surface area contributed by atoms with Gasteiger partial charge in [0.2, 0.25) is 0 Å². The zero-order chi connectivity index (χ0) is 8.27. The Morgan fingerprint density at radius 1 is 1.55 bits per heavy atom. The first-order valence-electron chi connectivity index (χ1n) is 3.09. The molecule has 1 aliphatic rings. The van der Waals surface area contributed by atoms with Crippen LogP contribution in [0.3, 0.4) is 0 Å². The minimum Gasteiger partial charge on any atom is -0.294 e. The van der Waals surface area contributed by atoms with Crippen LogP contribution in [0.1, 0.15) is 6.92 Å². The molecule has 1 rings (SSSR count). The lowest BCUT2D eigenvalue weighted by Crippen LogP contribution is -1.92. The van der Waals surface area contributed by atoms with E-state index in [1.807, 2.05) is 6.07 Å². The van der Waals surface area contributed by atoms with E-state index in [1.165, 1.54) is 6.92 Å². The second-order valence-electron chi connectivity index (χ2n) is 2.08. The van der Waals surface area contributed by atoms with Crippen molar-refractivity contribution >= 4 is 5.78 Å². The minimum atomic E-state index is -0.0641. The van der Waals surface area contributed by atoms with Crippen LogP contribution in [-0.2, 0) is 4.79 Å². The van der Waals surface area contributed by atoms with Gasteiger partial charge in [0.05, 0.1) is 5.57 Å². The number of allylic oxidation sites excluding steroid dienone is 4. The summed E-state index contributed by atoms with van der Waals surface area (Å²) in [4.78, 5) is 10.7. The molecule has 0 heterocycles. The Bertz CT molecular complexity index is 367. The number of Topliss-reactive ketones (excluding diaryl/α,β-unsaturated/α-hetero) is 1. The van der Waals surface area contributed by atoms with Crippen molar-refractivity contribution in [3.8, 4) is 6.07 Å². The van der Waals surface area contributed by atoms with Gasteiger partial charge in [0.25, 0.3) is 0 Å². The SMILES string of the molecule is CC(=O)C1=C=C=C(C#N)C=C1. The molecule has 0 saturated heterocycles. The largest absolute Gasteiger partial charge is 0.294 e. The van der Waals surface area contributed by atoms with Crippen LogP contribution in [0, 0.1) is 11.3 Å². The zero-order valence-electron chi connectivity index (χ0n) is 6.01. The van der Waals surface area contributed by atoms with E-state index in [9.17, 15) is 4.79 Å². The molecule has 0 aromatic rings. The third-order valence-electron chi connectivity index (χ3n) is 1.25. The van der Waals surface area contributed by atoms with Crippen LogP contribution in [0.15, 0.2) is 34.8 Å². The summed E-state index contributed by atoms with van der Waals surface area (Å²) in [5, 5.41) is 8.38. The summed E-state index contributed by atoms with van der Waals surface area (Å²) in [7, 11) is 0. The Morgan fingerprint density at radius 3 is 2.64 bits per heavy atom. The van der Waals surface area contributed by atoms with Crippen LogP contribution in [0.25, 0.3) is 0 Å². The van der Waals surface area contributed by atoms with E-state index >= 15 is 0 Å². The van der Waals surface area contributed by atoms with Crippen LogP contribution >= 0.6 is 0 Å². The second kappa shape index (κ2) is 2.86. The van der Waals surface area contributed by atoms with Crippen molar-refractivity contribution in [1.82, 2.24) is 0 Å². The second-order valence-corrected chi connectivity index (χ2v) is 2.08. The monoisotopic (exact) mass is 143 g/mol. The van der Waals surface area contributed by atoms with Crippen LogP contribution in [-0.4, -0.2) is 5.78 Å². The molecule has 0 saturated carbocycles. The first kappa shape index (κ1) is 7.31. The van der Waals surface area contributed by atoms with Crippen molar-refractivity contribution in [2.24, 2.45) is 0 Å². The summed E-state index contributed by atoms with van der Waals surface area (Å²) in [5.74, 6) is -0.0641. The highest BCUT2D eigenvalue weighted by Crippen LogP contribution is 2.04. The van der Waals surface area contributed by atoms with Gasteiger partial charge in [-0.2, -0.15) is 5.26 Å². The van der Waals surface area contributed by atoms with Crippen molar-refractivity contribution in [3.05, 3.63) is 34.8 Å². The molecule has 0 bridgehead atoms. The molecular formula is C9H5NO. The zero-order valence-corrected chi connectivity index (χ0v) is 6.01. The summed E-state index contributed by atoms with van der Waals surface area (Å²) in [5.41, 5.74) is 6.01. The van der Waals surface area contributed by atoms with Crippen molar-refractivity contribution in [3.63, 3.8) is 0 Å². The summed E-state index contributed by atoms with van der Waals surface area (Å²) in [6, 6.07) is 1.89. The quantitative estimate of drug-likeness (QED) is 0.519. The molecule has 0 N–H and O–H groups in total. The lowest BCUT2D eigenvalue weighted by atomic mass is 10.1. The average Bonchev–Trinajstić information content (AvgIpc) is 2.05. The molecule has 0 spiro atoms. The number of nitrogens with zero attached hydrogens (tertiary/aromatic N) is 1. The molecule has 0 aromatic carbocycles.